The number of fused-ring (bicyclic) bond motifs is 1. The Labute approximate surface area is 171 Å². The van der Waals surface area contributed by atoms with Gasteiger partial charge in [-0.05, 0) is 42.7 Å². The Bertz CT molecular complexity index is 851. The van der Waals surface area contributed by atoms with Gasteiger partial charge in [0.1, 0.15) is 13.2 Å². The number of carbonyl (C=O) groups is 2. The van der Waals surface area contributed by atoms with Crippen LogP contribution in [0.2, 0.25) is 0 Å². The number of benzene rings is 2. The minimum absolute atomic E-state index is 0.112. The van der Waals surface area contributed by atoms with Gasteiger partial charge >= 0.3 is 0 Å². The zero-order valence-corrected chi connectivity index (χ0v) is 17.1. The van der Waals surface area contributed by atoms with Crippen LogP contribution in [0.4, 0.5) is 0 Å². The average molecular weight is 396 g/mol. The second-order valence-electron chi connectivity index (χ2n) is 7.64. The summed E-state index contributed by atoms with van der Waals surface area (Å²) in [5.41, 5.74) is 1.55. The van der Waals surface area contributed by atoms with Crippen LogP contribution in [-0.2, 0) is 4.79 Å². The first-order chi connectivity index (χ1) is 13.9. The normalized spacial score (nSPS) is 14.8. The Balaban J connectivity index is 1.60. The number of amides is 2. The fourth-order valence-corrected chi connectivity index (χ4v) is 3.35. The molecule has 6 heteroatoms. The van der Waals surface area contributed by atoms with Crippen LogP contribution in [0.3, 0.4) is 0 Å². The first kappa shape index (κ1) is 20.7. The molecule has 154 valence electrons. The molecule has 2 amide bonds. The fourth-order valence-electron chi connectivity index (χ4n) is 3.35. The van der Waals surface area contributed by atoms with Crippen molar-refractivity contribution in [1.29, 1.82) is 0 Å². The number of ether oxygens (including phenoxy) is 2. The average Bonchev–Trinajstić information content (AvgIpc) is 2.72. The monoisotopic (exact) mass is 396 g/mol. The van der Waals surface area contributed by atoms with Crippen molar-refractivity contribution < 1.29 is 19.1 Å². The summed E-state index contributed by atoms with van der Waals surface area (Å²) in [6.45, 7) is 7.01. The molecule has 2 atom stereocenters. The Morgan fingerprint density at radius 1 is 0.931 bits per heavy atom. The van der Waals surface area contributed by atoms with Crippen molar-refractivity contribution in [3.8, 4) is 11.5 Å². The Hall–Kier alpha value is -3.02. The van der Waals surface area contributed by atoms with Crippen molar-refractivity contribution in [2.45, 2.75) is 39.3 Å². The molecule has 0 bridgehead atoms. The molecule has 0 aromatic heterocycles. The smallest absolute Gasteiger partial charge is 0.251 e. The number of hydrogen-bond donors (Lipinski definition) is 2. The standard InChI is InChI=1S/C23H28N2O4/c1-15(2)22(18-9-10-19-20(14-18)29-12-11-28-19)25-21(26)13-16(3)24-23(27)17-7-5-4-6-8-17/h4-10,14-16,22H,11-13H2,1-3H3,(H,24,27)(H,25,26). The number of nitrogens with one attached hydrogen (secondary N) is 2. The van der Waals surface area contributed by atoms with Crippen molar-refractivity contribution in [3.05, 3.63) is 59.7 Å². The predicted molar refractivity (Wildman–Crippen MR) is 111 cm³/mol. The van der Waals surface area contributed by atoms with E-state index in [-0.39, 0.29) is 36.2 Å². The summed E-state index contributed by atoms with van der Waals surface area (Å²) in [6.07, 6.45) is 0.201. The van der Waals surface area contributed by atoms with Crippen LogP contribution in [0.5, 0.6) is 11.5 Å². The minimum Gasteiger partial charge on any atom is -0.486 e. The molecule has 0 fully saturated rings. The largest absolute Gasteiger partial charge is 0.486 e. The van der Waals surface area contributed by atoms with E-state index in [0.717, 1.165) is 11.3 Å². The van der Waals surface area contributed by atoms with E-state index in [2.05, 4.69) is 24.5 Å². The van der Waals surface area contributed by atoms with Crippen LogP contribution in [-0.4, -0.2) is 31.1 Å². The Morgan fingerprint density at radius 2 is 1.62 bits per heavy atom. The quantitative estimate of drug-likeness (QED) is 0.751. The van der Waals surface area contributed by atoms with Gasteiger partial charge in [0.05, 0.1) is 6.04 Å². The van der Waals surface area contributed by atoms with Crippen molar-refractivity contribution in [3.63, 3.8) is 0 Å². The maximum atomic E-state index is 12.6. The third-order valence-corrected chi connectivity index (χ3v) is 4.81. The molecule has 0 radical (unpaired) electrons. The molecule has 2 N–H and O–H groups in total. The molecule has 0 saturated carbocycles. The summed E-state index contributed by atoms with van der Waals surface area (Å²) in [4.78, 5) is 24.9. The van der Waals surface area contributed by atoms with E-state index in [9.17, 15) is 9.59 Å². The summed E-state index contributed by atoms with van der Waals surface area (Å²) in [5.74, 6) is 1.33. The highest BCUT2D eigenvalue weighted by Crippen LogP contribution is 2.34. The van der Waals surface area contributed by atoms with Crippen LogP contribution < -0.4 is 20.1 Å². The van der Waals surface area contributed by atoms with Crippen LogP contribution in [0.25, 0.3) is 0 Å². The van der Waals surface area contributed by atoms with Crippen molar-refractivity contribution in [2.24, 2.45) is 5.92 Å². The van der Waals surface area contributed by atoms with E-state index in [1.165, 1.54) is 0 Å². The number of hydrogen-bond acceptors (Lipinski definition) is 4. The van der Waals surface area contributed by atoms with Gasteiger partial charge < -0.3 is 20.1 Å². The van der Waals surface area contributed by atoms with Gasteiger partial charge in [0.2, 0.25) is 5.91 Å². The maximum Gasteiger partial charge on any atom is 0.251 e. The van der Waals surface area contributed by atoms with Gasteiger partial charge in [-0.25, -0.2) is 0 Å². The predicted octanol–water partition coefficient (Wildman–Crippen LogP) is 3.48. The van der Waals surface area contributed by atoms with E-state index in [1.54, 1.807) is 12.1 Å². The lowest BCUT2D eigenvalue weighted by Gasteiger charge is -2.26. The van der Waals surface area contributed by atoms with Crippen LogP contribution in [0.1, 0.15) is 49.2 Å². The lowest BCUT2D eigenvalue weighted by molar-refractivity contribution is -0.122. The molecule has 2 unspecified atom stereocenters. The maximum absolute atomic E-state index is 12.6. The molecule has 0 saturated heterocycles. The zero-order chi connectivity index (χ0) is 20.8. The van der Waals surface area contributed by atoms with Gasteiger partial charge in [-0.1, -0.05) is 38.1 Å². The number of rotatable bonds is 7. The highest BCUT2D eigenvalue weighted by atomic mass is 16.6. The van der Waals surface area contributed by atoms with Gasteiger partial charge in [-0.3, -0.25) is 9.59 Å². The Kier molecular flexibility index (Phi) is 6.75. The van der Waals surface area contributed by atoms with Gasteiger partial charge in [0.15, 0.2) is 11.5 Å². The molecule has 2 aromatic carbocycles. The van der Waals surface area contributed by atoms with Gasteiger partial charge in [0, 0.05) is 18.0 Å². The molecular formula is C23H28N2O4. The molecular weight excluding hydrogens is 368 g/mol. The first-order valence-corrected chi connectivity index (χ1v) is 9.99. The topological polar surface area (TPSA) is 76.7 Å². The van der Waals surface area contributed by atoms with E-state index in [1.807, 2.05) is 43.3 Å². The molecule has 2 aromatic rings. The highest BCUT2D eigenvalue weighted by Gasteiger charge is 2.22. The summed E-state index contributed by atoms with van der Waals surface area (Å²) in [7, 11) is 0. The third kappa shape index (κ3) is 5.50. The van der Waals surface area contributed by atoms with Gasteiger partial charge in [-0.2, -0.15) is 0 Å². The van der Waals surface area contributed by atoms with E-state index < -0.39 is 0 Å². The molecule has 1 heterocycles. The summed E-state index contributed by atoms with van der Waals surface area (Å²) < 4.78 is 11.2. The van der Waals surface area contributed by atoms with E-state index in [0.29, 0.717) is 24.5 Å². The summed E-state index contributed by atoms with van der Waals surface area (Å²) >= 11 is 0. The molecule has 0 aliphatic carbocycles. The van der Waals surface area contributed by atoms with Crippen LogP contribution in [0, 0.1) is 5.92 Å². The molecule has 1 aliphatic heterocycles. The second-order valence-corrected chi connectivity index (χ2v) is 7.64. The van der Waals surface area contributed by atoms with E-state index >= 15 is 0 Å². The van der Waals surface area contributed by atoms with Gasteiger partial charge in [0.25, 0.3) is 5.91 Å². The Morgan fingerprint density at radius 3 is 2.31 bits per heavy atom. The fraction of sp³-hybridized carbons (Fsp3) is 0.391. The first-order valence-electron chi connectivity index (χ1n) is 9.99. The van der Waals surface area contributed by atoms with Crippen LogP contribution in [0.15, 0.2) is 48.5 Å². The molecule has 29 heavy (non-hydrogen) atoms. The molecule has 3 rings (SSSR count). The van der Waals surface area contributed by atoms with E-state index in [4.69, 9.17) is 9.47 Å². The van der Waals surface area contributed by atoms with Crippen molar-refractivity contribution in [2.75, 3.05) is 13.2 Å². The van der Waals surface area contributed by atoms with Crippen LogP contribution >= 0.6 is 0 Å². The minimum atomic E-state index is -0.282. The summed E-state index contributed by atoms with van der Waals surface area (Å²) in [6, 6.07) is 14.3. The second kappa shape index (κ2) is 9.45. The third-order valence-electron chi connectivity index (χ3n) is 4.81. The summed E-state index contributed by atoms with van der Waals surface area (Å²) in [5, 5.41) is 5.97. The SMILES string of the molecule is CC(CC(=O)NC(c1ccc2c(c1)OCCO2)C(C)C)NC(=O)c1ccccc1. The lowest BCUT2D eigenvalue weighted by atomic mass is 9.95. The zero-order valence-electron chi connectivity index (χ0n) is 17.1. The molecule has 6 nitrogen and oxygen atoms in total. The molecule has 1 aliphatic rings. The van der Waals surface area contributed by atoms with Crippen molar-refractivity contribution >= 4 is 11.8 Å². The molecule has 0 spiro atoms. The van der Waals surface area contributed by atoms with Gasteiger partial charge in [-0.15, -0.1) is 0 Å². The highest BCUT2D eigenvalue weighted by molar-refractivity contribution is 5.94. The van der Waals surface area contributed by atoms with Crippen molar-refractivity contribution in [1.82, 2.24) is 10.6 Å². The lowest BCUT2D eigenvalue weighted by Crippen LogP contribution is -2.39. The number of carbonyl (C=O) groups excluding carboxylic acids is 2.